The van der Waals surface area contributed by atoms with Gasteiger partial charge in [-0.3, -0.25) is 4.79 Å². The summed E-state index contributed by atoms with van der Waals surface area (Å²) in [6.45, 7) is 4.85. The number of hydrogen-bond donors (Lipinski definition) is 1. The van der Waals surface area contributed by atoms with Gasteiger partial charge in [0.25, 0.3) is 5.91 Å². The third-order valence-corrected chi connectivity index (χ3v) is 4.80. The molecule has 26 heavy (non-hydrogen) atoms. The van der Waals surface area contributed by atoms with Crippen molar-refractivity contribution in [1.82, 2.24) is 0 Å². The van der Waals surface area contributed by atoms with Gasteiger partial charge >= 0.3 is 0 Å². The number of anilines is 1. The van der Waals surface area contributed by atoms with Crippen molar-refractivity contribution in [1.29, 1.82) is 0 Å². The van der Waals surface area contributed by atoms with Gasteiger partial charge in [0.15, 0.2) is 0 Å². The van der Waals surface area contributed by atoms with Crippen molar-refractivity contribution in [3.05, 3.63) is 71.3 Å². The average Bonchev–Trinajstić information content (AvgIpc) is 3.07. The summed E-state index contributed by atoms with van der Waals surface area (Å²) in [6, 6.07) is 17.9. The van der Waals surface area contributed by atoms with E-state index in [1.165, 1.54) is 16.5 Å². The van der Waals surface area contributed by atoms with Gasteiger partial charge in [-0.25, -0.2) is 0 Å². The molecular weight excluding hydrogens is 322 g/mol. The van der Waals surface area contributed by atoms with Crippen molar-refractivity contribution in [3.8, 4) is 5.75 Å². The lowest BCUT2D eigenvalue weighted by atomic mass is 10.0. The van der Waals surface area contributed by atoms with Crippen molar-refractivity contribution in [2.45, 2.75) is 26.7 Å². The number of amides is 1. The first kappa shape index (κ1) is 16.6. The zero-order valence-corrected chi connectivity index (χ0v) is 15.2. The normalized spacial score (nSPS) is 12.6. The van der Waals surface area contributed by atoms with Crippen LogP contribution < -0.4 is 10.1 Å². The third kappa shape index (κ3) is 3.17. The van der Waals surface area contributed by atoms with Gasteiger partial charge in [0.05, 0.1) is 6.61 Å². The number of carbonyl (C=O) groups is 1. The van der Waals surface area contributed by atoms with Gasteiger partial charge in [0.1, 0.15) is 5.75 Å². The monoisotopic (exact) mass is 345 g/mol. The molecule has 0 spiro atoms. The number of nitrogens with one attached hydrogen (secondary N) is 1. The predicted octanol–water partition coefficient (Wildman–Crippen LogP) is 5.23. The van der Waals surface area contributed by atoms with Crippen LogP contribution in [0, 0.1) is 5.92 Å². The Morgan fingerprint density at radius 3 is 2.62 bits per heavy atom. The first-order valence-electron chi connectivity index (χ1n) is 9.19. The average molecular weight is 345 g/mol. The van der Waals surface area contributed by atoms with Crippen molar-refractivity contribution in [2.75, 3.05) is 11.9 Å². The first-order valence-corrected chi connectivity index (χ1v) is 9.19. The van der Waals surface area contributed by atoms with E-state index in [0.29, 0.717) is 18.1 Å². The molecular formula is C23H23NO2. The molecule has 0 radical (unpaired) electrons. The molecule has 1 amide bonds. The second-order valence-electron chi connectivity index (χ2n) is 7.30. The molecule has 0 unspecified atom stereocenters. The summed E-state index contributed by atoms with van der Waals surface area (Å²) >= 11 is 0. The second kappa shape index (κ2) is 6.83. The first-order chi connectivity index (χ1) is 12.6. The molecule has 3 heteroatoms. The fourth-order valence-electron chi connectivity index (χ4n) is 3.54. The summed E-state index contributed by atoms with van der Waals surface area (Å²) < 4.78 is 5.74. The molecule has 1 aliphatic rings. The minimum absolute atomic E-state index is 0.112. The summed E-state index contributed by atoms with van der Waals surface area (Å²) in [4.78, 5) is 12.8. The molecule has 1 aliphatic carbocycles. The van der Waals surface area contributed by atoms with Crippen LogP contribution in [0.1, 0.15) is 35.3 Å². The zero-order chi connectivity index (χ0) is 18.1. The minimum atomic E-state index is -0.112. The Hall–Kier alpha value is -2.81. The predicted molar refractivity (Wildman–Crippen MR) is 106 cm³/mol. The number of benzene rings is 3. The van der Waals surface area contributed by atoms with E-state index in [9.17, 15) is 4.79 Å². The molecule has 0 saturated heterocycles. The highest BCUT2D eigenvalue weighted by atomic mass is 16.5. The summed E-state index contributed by atoms with van der Waals surface area (Å²) in [5.41, 5.74) is 4.22. The maximum atomic E-state index is 12.8. The van der Waals surface area contributed by atoms with E-state index in [2.05, 4.69) is 43.4 Å². The Bertz CT molecular complexity index is 965. The van der Waals surface area contributed by atoms with Gasteiger partial charge in [0, 0.05) is 16.6 Å². The lowest BCUT2D eigenvalue weighted by molar-refractivity contribution is 0.102. The number of hydrogen-bond acceptors (Lipinski definition) is 2. The zero-order valence-electron chi connectivity index (χ0n) is 15.2. The summed E-state index contributed by atoms with van der Waals surface area (Å²) in [7, 11) is 0. The van der Waals surface area contributed by atoms with Gasteiger partial charge in [-0.1, -0.05) is 44.2 Å². The van der Waals surface area contributed by atoms with E-state index in [-0.39, 0.29) is 5.91 Å². The molecule has 3 nitrogen and oxygen atoms in total. The van der Waals surface area contributed by atoms with Crippen LogP contribution in [-0.4, -0.2) is 12.5 Å². The van der Waals surface area contributed by atoms with Crippen LogP contribution in [0.5, 0.6) is 5.75 Å². The van der Waals surface area contributed by atoms with Gasteiger partial charge in [-0.2, -0.15) is 0 Å². The smallest absolute Gasteiger partial charge is 0.255 e. The number of ether oxygens (including phenoxy) is 1. The van der Waals surface area contributed by atoms with Gasteiger partial charge < -0.3 is 10.1 Å². The van der Waals surface area contributed by atoms with Crippen molar-refractivity contribution in [3.63, 3.8) is 0 Å². The molecule has 0 aliphatic heterocycles. The van der Waals surface area contributed by atoms with E-state index >= 15 is 0 Å². The minimum Gasteiger partial charge on any atom is -0.493 e. The molecule has 4 rings (SSSR count). The summed E-state index contributed by atoms with van der Waals surface area (Å²) in [5.74, 6) is 1.06. The maximum absolute atomic E-state index is 12.8. The molecule has 1 N–H and O–H groups in total. The number of aryl methyl sites for hydroxylation is 2. The largest absolute Gasteiger partial charge is 0.493 e. The third-order valence-electron chi connectivity index (χ3n) is 4.80. The Morgan fingerprint density at radius 1 is 1.04 bits per heavy atom. The topological polar surface area (TPSA) is 38.3 Å². The van der Waals surface area contributed by atoms with Crippen LogP contribution >= 0.6 is 0 Å². The lowest BCUT2D eigenvalue weighted by Gasteiger charge is -2.12. The van der Waals surface area contributed by atoms with Gasteiger partial charge in [-0.05, 0) is 59.5 Å². The standard InChI is InChI=1S/C23H23NO2/c1-15(2)14-26-19-7-3-6-18(13-19)23(25)24-21-12-11-17-10-9-16-5-4-8-20(21)22(16)17/h3-8,11-13,15H,9-10,14H2,1-2H3,(H,24,25). The molecule has 0 atom stereocenters. The van der Waals surface area contributed by atoms with Crippen LogP contribution in [0.15, 0.2) is 54.6 Å². The Balaban J connectivity index is 1.60. The molecule has 0 bridgehead atoms. The van der Waals surface area contributed by atoms with Crippen molar-refractivity contribution >= 4 is 22.4 Å². The highest BCUT2D eigenvalue weighted by molar-refractivity contribution is 6.10. The molecule has 132 valence electrons. The second-order valence-corrected chi connectivity index (χ2v) is 7.30. The Morgan fingerprint density at radius 2 is 1.81 bits per heavy atom. The van der Waals surface area contributed by atoms with Crippen LogP contribution in [0.4, 0.5) is 5.69 Å². The molecule has 0 heterocycles. The molecule has 3 aromatic rings. The highest BCUT2D eigenvalue weighted by Gasteiger charge is 2.17. The van der Waals surface area contributed by atoms with E-state index in [1.54, 1.807) is 6.07 Å². The molecule has 0 saturated carbocycles. The number of carbonyl (C=O) groups excluding carboxylic acids is 1. The van der Waals surface area contributed by atoms with E-state index in [4.69, 9.17) is 4.74 Å². The molecule has 3 aromatic carbocycles. The number of rotatable bonds is 5. The van der Waals surface area contributed by atoms with Crippen LogP contribution in [-0.2, 0) is 12.8 Å². The Labute approximate surface area is 154 Å². The van der Waals surface area contributed by atoms with Crippen LogP contribution in [0.25, 0.3) is 10.8 Å². The van der Waals surface area contributed by atoms with Crippen molar-refractivity contribution < 1.29 is 9.53 Å². The van der Waals surface area contributed by atoms with Gasteiger partial charge in [-0.15, -0.1) is 0 Å². The maximum Gasteiger partial charge on any atom is 0.255 e. The van der Waals surface area contributed by atoms with Crippen molar-refractivity contribution in [2.24, 2.45) is 5.92 Å². The highest BCUT2D eigenvalue weighted by Crippen LogP contribution is 2.35. The van der Waals surface area contributed by atoms with E-state index < -0.39 is 0 Å². The SMILES string of the molecule is CC(C)COc1cccc(C(=O)Nc2ccc3c4c(cccc24)CC3)c1. The van der Waals surface area contributed by atoms with E-state index in [1.807, 2.05) is 24.3 Å². The lowest BCUT2D eigenvalue weighted by Crippen LogP contribution is -2.13. The quantitative estimate of drug-likeness (QED) is 0.688. The van der Waals surface area contributed by atoms with E-state index in [0.717, 1.165) is 29.7 Å². The fourth-order valence-corrected chi connectivity index (χ4v) is 3.54. The fraction of sp³-hybridized carbons (Fsp3) is 0.261. The molecule has 0 aromatic heterocycles. The Kier molecular flexibility index (Phi) is 4.37. The summed E-state index contributed by atoms with van der Waals surface area (Å²) in [6.07, 6.45) is 2.17. The molecule has 0 fully saturated rings. The van der Waals surface area contributed by atoms with Gasteiger partial charge in [0.2, 0.25) is 0 Å². The summed E-state index contributed by atoms with van der Waals surface area (Å²) in [5, 5.41) is 5.51. The van der Waals surface area contributed by atoms with Crippen LogP contribution in [0.2, 0.25) is 0 Å². The van der Waals surface area contributed by atoms with Crippen LogP contribution in [0.3, 0.4) is 0 Å².